The van der Waals surface area contributed by atoms with Crippen molar-refractivity contribution in [1.29, 1.82) is 0 Å². The van der Waals surface area contributed by atoms with E-state index in [2.05, 4.69) is 0 Å². The first-order valence-electron chi connectivity index (χ1n) is 8.17. The third kappa shape index (κ3) is 2.63. The Hall–Kier alpha value is -3.15. The molecule has 134 valence electrons. The quantitative estimate of drug-likeness (QED) is 0.365. The molecule has 0 N–H and O–H groups in total. The topological polar surface area (TPSA) is 78.7 Å². The maximum atomic E-state index is 13.2. The molecule has 0 aromatic heterocycles. The molecule has 2 aromatic carbocycles. The maximum absolute atomic E-state index is 13.2. The number of rotatable bonds is 4. The molecule has 1 aliphatic heterocycles. The van der Waals surface area contributed by atoms with E-state index in [1.165, 1.54) is 14.2 Å². The SMILES string of the molecule is COC(=O)C1(C(=O)OC)C[C@H](c2ccccc2)[N+]([O-])=C1c1ccccc1. The summed E-state index contributed by atoms with van der Waals surface area (Å²) >= 11 is 0. The molecule has 6 nitrogen and oxygen atoms in total. The lowest BCUT2D eigenvalue weighted by molar-refractivity contribution is -0.498. The predicted molar refractivity (Wildman–Crippen MR) is 94.4 cm³/mol. The molecule has 0 unspecified atom stereocenters. The first kappa shape index (κ1) is 17.7. The van der Waals surface area contributed by atoms with Crippen LogP contribution in [0.3, 0.4) is 0 Å². The Morgan fingerprint density at radius 3 is 1.96 bits per heavy atom. The van der Waals surface area contributed by atoms with Crippen LogP contribution < -0.4 is 0 Å². The summed E-state index contributed by atoms with van der Waals surface area (Å²) in [6, 6.07) is 17.0. The van der Waals surface area contributed by atoms with Gasteiger partial charge in [-0.15, -0.1) is 0 Å². The van der Waals surface area contributed by atoms with Gasteiger partial charge in [0.15, 0.2) is 6.04 Å². The monoisotopic (exact) mass is 353 g/mol. The van der Waals surface area contributed by atoms with Gasteiger partial charge in [-0.2, -0.15) is 4.74 Å². The van der Waals surface area contributed by atoms with E-state index in [1.54, 1.807) is 42.5 Å². The highest BCUT2D eigenvalue weighted by atomic mass is 16.5. The zero-order valence-electron chi connectivity index (χ0n) is 14.5. The van der Waals surface area contributed by atoms with Crippen LogP contribution in [0.4, 0.5) is 0 Å². The van der Waals surface area contributed by atoms with Crippen LogP contribution in [-0.4, -0.2) is 36.6 Å². The predicted octanol–water partition coefficient (Wildman–Crippen LogP) is 2.46. The van der Waals surface area contributed by atoms with Gasteiger partial charge in [-0.3, -0.25) is 9.59 Å². The van der Waals surface area contributed by atoms with E-state index in [0.717, 1.165) is 4.74 Å². The second-order valence-electron chi connectivity index (χ2n) is 6.06. The number of hydrogen-bond donors (Lipinski definition) is 0. The minimum absolute atomic E-state index is 0.0469. The van der Waals surface area contributed by atoms with Crippen molar-refractivity contribution >= 4 is 17.7 Å². The van der Waals surface area contributed by atoms with E-state index in [1.807, 2.05) is 18.2 Å². The number of ether oxygens (including phenoxy) is 2. The minimum atomic E-state index is -1.81. The first-order valence-corrected chi connectivity index (χ1v) is 8.17. The Morgan fingerprint density at radius 2 is 1.46 bits per heavy atom. The van der Waals surface area contributed by atoms with Gasteiger partial charge in [-0.1, -0.05) is 48.5 Å². The van der Waals surface area contributed by atoms with Crippen molar-refractivity contribution in [2.45, 2.75) is 12.5 Å². The van der Waals surface area contributed by atoms with Gasteiger partial charge in [0.2, 0.25) is 5.71 Å². The largest absolute Gasteiger partial charge is 0.623 e. The Bertz CT molecular complexity index is 829. The molecule has 0 aliphatic carbocycles. The summed E-state index contributed by atoms with van der Waals surface area (Å²) in [5.74, 6) is -1.61. The van der Waals surface area contributed by atoms with Gasteiger partial charge in [-0.05, 0) is 12.1 Å². The van der Waals surface area contributed by atoms with Crippen molar-refractivity contribution in [3.8, 4) is 0 Å². The third-order valence-corrected chi connectivity index (χ3v) is 4.71. The highest BCUT2D eigenvalue weighted by Gasteiger charge is 2.64. The number of carbonyl (C=O) groups is 2. The lowest BCUT2D eigenvalue weighted by Crippen LogP contribution is -2.47. The molecule has 1 atom stereocenters. The van der Waals surface area contributed by atoms with Crippen molar-refractivity contribution in [2.24, 2.45) is 5.41 Å². The van der Waals surface area contributed by atoms with Gasteiger partial charge < -0.3 is 14.7 Å². The summed E-state index contributed by atoms with van der Waals surface area (Å²) in [5.41, 5.74) is -0.569. The molecule has 26 heavy (non-hydrogen) atoms. The summed E-state index contributed by atoms with van der Waals surface area (Å²) in [6.45, 7) is 0. The van der Waals surface area contributed by atoms with Crippen LogP contribution in [-0.2, 0) is 19.1 Å². The van der Waals surface area contributed by atoms with Gasteiger partial charge >= 0.3 is 11.9 Å². The molecule has 1 heterocycles. The zero-order valence-corrected chi connectivity index (χ0v) is 14.5. The second-order valence-corrected chi connectivity index (χ2v) is 6.06. The standard InChI is InChI=1S/C20H19NO5/c1-25-18(22)20(19(23)26-2)13-16(14-9-5-3-6-10-14)21(24)17(20)15-11-7-4-8-12-15/h3-12,16H,13H2,1-2H3/t16-/m1/s1. The molecule has 2 aromatic rings. The van der Waals surface area contributed by atoms with Gasteiger partial charge in [0.25, 0.3) is 5.41 Å². The summed E-state index contributed by atoms with van der Waals surface area (Å²) in [7, 11) is 2.39. The van der Waals surface area contributed by atoms with Crippen LogP contribution in [0.2, 0.25) is 0 Å². The molecule has 6 heteroatoms. The smallest absolute Gasteiger partial charge is 0.334 e. The van der Waals surface area contributed by atoms with Crippen LogP contribution in [0.1, 0.15) is 23.6 Å². The lowest BCUT2D eigenvalue weighted by atomic mass is 9.76. The van der Waals surface area contributed by atoms with E-state index in [4.69, 9.17) is 9.47 Å². The number of esters is 2. The normalized spacial score (nSPS) is 18.5. The Balaban J connectivity index is 2.26. The molecular formula is C20H19NO5. The minimum Gasteiger partial charge on any atom is -0.623 e. The summed E-state index contributed by atoms with van der Waals surface area (Å²) < 4.78 is 10.6. The molecule has 0 spiro atoms. The van der Waals surface area contributed by atoms with Gasteiger partial charge in [0.05, 0.1) is 20.6 Å². The van der Waals surface area contributed by atoms with Gasteiger partial charge in [0.1, 0.15) is 0 Å². The number of carbonyl (C=O) groups excluding carboxylic acids is 2. The highest BCUT2D eigenvalue weighted by molar-refractivity contribution is 6.26. The molecule has 3 rings (SSSR count). The number of nitrogens with zero attached hydrogens (tertiary/aromatic N) is 1. The van der Waals surface area contributed by atoms with Crippen LogP contribution in [0.15, 0.2) is 60.7 Å². The van der Waals surface area contributed by atoms with Crippen molar-refractivity contribution in [1.82, 2.24) is 0 Å². The van der Waals surface area contributed by atoms with Crippen LogP contribution >= 0.6 is 0 Å². The zero-order chi connectivity index (χ0) is 18.7. The molecule has 0 radical (unpaired) electrons. The van der Waals surface area contributed by atoms with Crippen molar-refractivity contribution in [2.75, 3.05) is 14.2 Å². The van der Waals surface area contributed by atoms with E-state index in [0.29, 0.717) is 11.1 Å². The molecule has 0 bridgehead atoms. The number of hydroxylamine groups is 1. The molecular weight excluding hydrogens is 334 g/mol. The summed E-state index contributed by atoms with van der Waals surface area (Å²) in [4.78, 5) is 25.5. The van der Waals surface area contributed by atoms with E-state index >= 15 is 0 Å². The Morgan fingerprint density at radius 1 is 0.962 bits per heavy atom. The van der Waals surface area contributed by atoms with E-state index < -0.39 is 23.4 Å². The average molecular weight is 353 g/mol. The molecule has 0 amide bonds. The van der Waals surface area contributed by atoms with E-state index in [9.17, 15) is 14.8 Å². The first-order chi connectivity index (χ1) is 12.6. The number of methoxy groups -OCH3 is 2. The Kier molecular flexibility index (Phi) is 4.75. The molecule has 0 saturated heterocycles. The van der Waals surface area contributed by atoms with Crippen LogP contribution in [0, 0.1) is 10.6 Å². The fourth-order valence-corrected chi connectivity index (χ4v) is 3.50. The number of hydrogen-bond acceptors (Lipinski definition) is 5. The Labute approximate surface area is 151 Å². The lowest BCUT2D eigenvalue weighted by Gasteiger charge is -2.21. The van der Waals surface area contributed by atoms with Crippen LogP contribution in [0.25, 0.3) is 0 Å². The van der Waals surface area contributed by atoms with Crippen molar-refractivity contribution < 1.29 is 23.8 Å². The summed E-state index contributed by atoms with van der Waals surface area (Å²) in [5, 5.41) is 13.2. The molecule has 0 fully saturated rings. The fourth-order valence-electron chi connectivity index (χ4n) is 3.50. The second kappa shape index (κ2) is 7.00. The van der Waals surface area contributed by atoms with Gasteiger partial charge in [-0.25, -0.2) is 0 Å². The summed E-state index contributed by atoms with van der Waals surface area (Å²) in [6.07, 6.45) is -0.0515. The number of benzene rings is 2. The highest BCUT2D eigenvalue weighted by Crippen LogP contribution is 2.44. The fraction of sp³-hybridized carbons (Fsp3) is 0.250. The van der Waals surface area contributed by atoms with Gasteiger partial charge in [0, 0.05) is 11.1 Å². The van der Waals surface area contributed by atoms with E-state index in [-0.39, 0.29) is 12.1 Å². The third-order valence-electron chi connectivity index (χ3n) is 4.71. The van der Waals surface area contributed by atoms with Crippen LogP contribution in [0.5, 0.6) is 0 Å². The molecule has 1 aliphatic rings. The average Bonchev–Trinajstić information content (AvgIpc) is 3.02. The van der Waals surface area contributed by atoms with Crippen molar-refractivity contribution in [3.05, 3.63) is 77.0 Å². The molecule has 0 saturated carbocycles. The van der Waals surface area contributed by atoms with Crippen molar-refractivity contribution in [3.63, 3.8) is 0 Å². The maximum Gasteiger partial charge on any atom is 0.334 e.